The molecule has 0 radical (unpaired) electrons. The van der Waals surface area contributed by atoms with Crippen LogP contribution in [0.3, 0.4) is 0 Å². The summed E-state index contributed by atoms with van der Waals surface area (Å²) in [7, 11) is 0. The van der Waals surface area contributed by atoms with E-state index in [0.29, 0.717) is 0 Å². The predicted molar refractivity (Wildman–Crippen MR) is 79.0 cm³/mol. The van der Waals surface area contributed by atoms with Crippen LogP contribution in [0.1, 0.15) is 12.7 Å². The standard InChI is InChI=1S/C17H17NO/c1-12(18)10-16-8-9-17(19-16)15-7-6-13-4-2-3-5-14(13)11-15/h2-9,11-12H,10,18H2,1H3. The average Bonchev–Trinajstić information content (AvgIpc) is 2.86. The van der Waals surface area contributed by atoms with E-state index < -0.39 is 0 Å². The highest BCUT2D eigenvalue weighted by Crippen LogP contribution is 2.26. The van der Waals surface area contributed by atoms with Gasteiger partial charge in [0.15, 0.2) is 0 Å². The predicted octanol–water partition coefficient (Wildman–Crippen LogP) is 3.99. The molecule has 0 spiro atoms. The van der Waals surface area contributed by atoms with E-state index in [1.165, 1.54) is 10.8 Å². The first-order valence-corrected chi connectivity index (χ1v) is 6.56. The minimum atomic E-state index is 0.121. The van der Waals surface area contributed by atoms with Gasteiger partial charge in [-0.3, -0.25) is 0 Å². The molecular weight excluding hydrogens is 234 g/mol. The molecule has 2 heteroatoms. The van der Waals surface area contributed by atoms with Crippen molar-refractivity contribution in [3.8, 4) is 11.3 Å². The van der Waals surface area contributed by atoms with Gasteiger partial charge in [0.2, 0.25) is 0 Å². The lowest BCUT2D eigenvalue weighted by Gasteiger charge is -2.02. The number of fused-ring (bicyclic) bond motifs is 1. The Kier molecular flexibility index (Phi) is 3.10. The molecule has 2 nitrogen and oxygen atoms in total. The molecular formula is C17H17NO. The highest BCUT2D eigenvalue weighted by atomic mass is 16.3. The molecule has 0 saturated carbocycles. The Morgan fingerprint density at radius 3 is 2.58 bits per heavy atom. The van der Waals surface area contributed by atoms with E-state index in [9.17, 15) is 0 Å². The van der Waals surface area contributed by atoms with E-state index in [-0.39, 0.29) is 6.04 Å². The normalized spacial score (nSPS) is 12.7. The van der Waals surface area contributed by atoms with Gasteiger partial charge in [-0.05, 0) is 35.9 Å². The van der Waals surface area contributed by atoms with Crippen molar-refractivity contribution in [3.63, 3.8) is 0 Å². The molecule has 1 aromatic heterocycles. The summed E-state index contributed by atoms with van der Waals surface area (Å²) >= 11 is 0. The summed E-state index contributed by atoms with van der Waals surface area (Å²) in [5, 5.41) is 2.47. The van der Waals surface area contributed by atoms with Crippen molar-refractivity contribution in [2.45, 2.75) is 19.4 Å². The minimum Gasteiger partial charge on any atom is -0.461 e. The van der Waals surface area contributed by atoms with Crippen molar-refractivity contribution in [1.82, 2.24) is 0 Å². The fourth-order valence-corrected chi connectivity index (χ4v) is 2.30. The molecule has 2 N–H and O–H groups in total. The Balaban J connectivity index is 1.97. The number of rotatable bonds is 3. The lowest BCUT2D eigenvalue weighted by Crippen LogP contribution is -2.17. The van der Waals surface area contributed by atoms with E-state index in [4.69, 9.17) is 10.2 Å². The van der Waals surface area contributed by atoms with Gasteiger partial charge in [-0.2, -0.15) is 0 Å². The summed E-state index contributed by atoms with van der Waals surface area (Å²) in [5.41, 5.74) is 6.89. The number of hydrogen-bond donors (Lipinski definition) is 1. The van der Waals surface area contributed by atoms with Crippen LogP contribution in [0, 0.1) is 0 Å². The van der Waals surface area contributed by atoms with Crippen molar-refractivity contribution in [2.24, 2.45) is 5.73 Å². The SMILES string of the molecule is CC(N)Cc1ccc(-c2ccc3ccccc3c2)o1. The maximum Gasteiger partial charge on any atom is 0.134 e. The monoisotopic (exact) mass is 251 g/mol. The number of benzene rings is 2. The van der Waals surface area contributed by atoms with Crippen LogP contribution in [0.2, 0.25) is 0 Å². The Labute approximate surface area is 112 Å². The van der Waals surface area contributed by atoms with Crippen LogP contribution in [0.5, 0.6) is 0 Å². The van der Waals surface area contributed by atoms with Crippen LogP contribution in [-0.2, 0) is 6.42 Å². The second kappa shape index (κ2) is 4.90. The smallest absolute Gasteiger partial charge is 0.134 e. The zero-order valence-corrected chi connectivity index (χ0v) is 11.0. The maximum atomic E-state index is 5.85. The van der Waals surface area contributed by atoms with Gasteiger partial charge in [0.1, 0.15) is 11.5 Å². The van der Waals surface area contributed by atoms with Crippen LogP contribution in [0.15, 0.2) is 59.0 Å². The zero-order chi connectivity index (χ0) is 13.2. The van der Waals surface area contributed by atoms with Gasteiger partial charge in [0.25, 0.3) is 0 Å². The van der Waals surface area contributed by atoms with E-state index in [2.05, 4.69) is 42.5 Å². The second-order valence-corrected chi connectivity index (χ2v) is 5.01. The summed E-state index contributed by atoms with van der Waals surface area (Å²) in [6.45, 7) is 1.98. The molecule has 1 unspecified atom stereocenters. The molecule has 0 saturated heterocycles. The van der Waals surface area contributed by atoms with E-state index in [0.717, 1.165) is 23.5 Å². The lowest BCUT2D eigenvalue weighted by atomic mass is 10.1. The average molecular weight is 251 g/mol. The first-order valence-electron chi connectivity index (χ1n) is 6.56. The molecule has 2 aromatic carbocycles. The first kappa shape index (κ1) is 12.0. The third-order valence-corrected chi connectivity index (χ3v) is 3.22. The van der Waals surface area contributed by atoms with Crippen LogP contribution in [0.4, 0.5) is 0 Å². The molecule has 0 bridgehead atoms. The molecule has 3 rings (SSSR count). The van der Waals surface area contributed by atoms with Crippen LogP contribution < -0.4 is 5.73 Å². The highest BCUT2D eigenvalue weighted by Gasteiger charge is 2.07. The Hall–Kier alpha value is -2.06. The molecule has 0 amide bonds. The van der Waals surface area contributed by atoms with Crippen molar-refractivity contribution in [3.05, 3.63) is 60.4 Å². The van der Waals surface area contributed by atoms with Gasteiger partial charge in [-0.1, -0.05) is 36.4 Å². The Morgan fingerprint density at radius 2 is 1.79 bits per heavy atom. The van der Waals surface area contributed by atoms with Crippen LogP contribution in [0.25, 0.3) is 22.1 Å². The van der Waals surface area contributed by atoms with Gasteiger partial charge in [-0.25, -0.2) is 0 Å². The topological polar surface area (TPSA) is 39.2 Å². The summed E-state index contributed by atoms with van der Waals surface area (Å²) in [6.07, 6.45) is 0.771. The lowest BCUT2D eigenvalue weighted by molar-refractivity contribution is 0.503. The summed E-state index contributed by atoms with van der Waals surface area (Å²) in [4.78, 5) is 0. The zero-order valence-electron chi connectivity index (χ0n) is 11.0. The Morgan fingerprint density at radius 1 is 1.00 bits per heavy atom. The summed E-state index contributed by atoms with van der Waals surface area (Å²) < 4.78 is 5.85. The molecule has 0 aliphatic rings. The fourth-order valence-electron chi connectivity index (χ4n) is 2.30. The Bertz CT molecular complexity index is 697. The van der Waals surface area contributed by atoms with Crippen molar-refractivity contribution in [1.29, 1.82) is 0 Å². The molecule has 3 aromatic rings. The molecule has 0 aliphatic carbocycles. The summed E-state index contributed by atoms with van der Waals surface area (Å²) in [6, 6.07) is 18.9. The highest BCUT2D eigenvalue weighted by molar-refractivity contribution is 5.86. The molecule has 1 heterocycles. The van der Waals surface area contributed by atoms with Crippen molar-refractivity contribution in [2.75, 3.05) is 0 Å². The van der Waals surface area contributed by atoms with Gasteiger partial charge < -0.3 is 10.2 Å². The number of hydrogen-bond acceptors (Lipinski definition) is 2. The molecule has 0 aliphatic heterocycles. The van der Waals surface area contributed by atoms with Crippen molar-refractivity contribution >= 4 is 10.8 Å². The molecule has 19 heavy (non-hydrogen) atoms. The molecule has 96 valence electrons. The minimum absolute atomic E-state index is 0.121. The largest absolute Gasteiger partial charge is 0.461 e. The number of furan rings is 1. The van der Waals surface area contributed by atoms with Crippen LogP contribution in [-0.4, -0.2) is 6.04 Å². The van der Waals surface area contributed by atoms with Gasteiger partial charge >= 0.3 is 0 Å². The second-order valence-electron chi connectivity index (χ2n) is 5.01. The molecule has 0 fully saturated rings. The van der Waals surface area contributed by atoms with Gasteiger partial charge in [0, 0.05) is 18.0 Å². The van der Waals surface area contributed by atoms with E-state index in [1.54, 1.807) is 0 Å². The molecule has 1 atom stereocenters. The third-order valence-electron chi connectivity index (χ3n) is 3.22. The van der Waals surface area contributed by atoms with E-state index >= 15 is 0 Å². The summed E-state index contributed by atoms with van der Waals surface area (Å²) in [5.74, 6) is 1.85. The maximum absolute atomic E-state index is 5.85. The van der Waals surface area contributed by atoms with Crippen molar-refractivity contribution < 1.29 is 4.42 Å². The third kappa shape index (κ3) is 2.54. The first-order chi connectivity index (χ1) is 9.22. The quantitative estimate of drug-likeness (QED) is 0.764. The van der Waals surface area contributed by atoms with Gasteiger partial charge in [0.05, 0.1) is 0 Å². The fraction of sp³-hybridized carbons (Fsp3) is 0.176. The van der Waals surface area contributed by atoms with Crippen LogP contribution >= 0.6 is 0 Å². The van der Waals surface area contributed by atoms with E-state index in [1.807, 2.05) is 19.1 Å². The van der Waals surface area contributed by atoms with Gasteiger partial charge in [-0.15, -0.1) is 0 Å². The number of nitrogens with two attached hydrogens (primary N) is 1.